The van der Waals surface area contributed by atoms with Crippen LogP contribution in [-0.4, -0.2) is 65.0 Å². The Bertz CT molecular complexity index is 492. The van der Waals surface area contributed by atoms with Gasteiger partial charge >= 0.3 is 0 Å². The fraction of sp³-hybridized carbons (Fsp3) is 0.632. The van der Waals surface area contributed by atoms with Crippen molar-refractivity contribution in [3.05, 3.63) is 35.4 Å². The second kappa shape index (κ2) is 13.6. The van der Waals surface area contributed by atoms with Crippen LogP contribution in [-0.2, 0) is 22.6 Å². The van der Waals surface area contributed by atoms with Crippen LogP contribution < -0.4 is 10.6 Å². The Labute approximate surface area is 152 Å². The summed E-state index contributed by atoms with van der Waals surface area (Å²) >= 11 is 0. The number of ether oxygens (including phenoxy) is 2. The van der Waals surface area contributed by atoms with Gasteiger partial charge in [0.15, 0.2) is 5.96 Å². The van der Waals surface area contributed by atoms with E-state index in [-0.39, 0.29) is 0 Å². The molecule has 6 heteroatoms. The molecule has 0 aliphatic rings. The molecule has 0 aromatic heterocycles. The normalized spacial score (nSPS) is 11.8. The van der Waals surface area contributed by atoms with Crippen molar-refractivity contribution in [3.8, 4) is 0 Å². The Balaban J connectivity index is 2.47. The van der Waals surface area contributed by atoms with Gasteiger partial charge in [-0.25, -0.2) is 4.99 Å². The van der Waals surface area contributed by atoms with Gasteiger partial charge in [-0.05, 0) is 38.6 Å². The first-order chi connectivity index (χ1) is 12.2. The highest BCUT2D eigenvalue weighted by molar-refractivity contribution is 5.79. The number of hydrogen-bond acceptors (Lipinski definition) is 4. The van der Waals surface area contributed by atoms with Crippen molar-refractivity contribution >= 4 is 5.96 Å². The lowest BCUT2D eigenvalue weighted by atomic mass is 10.1. The predicted octanol–water partition coefficient (Wildman–Crippen LogP) is 1.86. The first-order valence-corrected chi connectivity index (χ1v) is 8.97. The maximum Gasteiger partial charge on any atom is 0.191 e. The number of nitrogens with one attached hydrogen (secondary N) is 2. The van der Waals surface area contributed by atoms with Gasteiger partial charge in [0.25, 0.3) is 0 Å². The number of methoxy groups -OCH3 is 1. The lowest BCUT2D eigenvalue weighted by Crippen LogP contribution is -2.38. The number of hydrogen-bond donors (Lipinski definition) is 2. The summed E-state index contributed by atoms with van der Waals surface area (Å²) in [5.41, 5.74) is 2.58. The Morgan fingerprint density at radius 3 is 2.52 bits per heavy atom. The third-order valence-electron chi connectivity index (χ3n) is 3.55. The molecule has 0 fully saturated rings. The van der Waals surface area contributed by atoms with E-state index in [2.05, 4.69) is 60.8 Å². The van der Waals surface area contributed by atoms with Crippen LogP contribution in [0.15, 0.2) is 29.3 Å². The van der Waals surface area contributed by atoms with Gasteiger partial charge in [-0.15, -0.1) is 0 Å². The molecule has 0 unspecified atom stereocenters. The van der Waals surface area contributed by atoms with Crippen molar-refractivity contribution in [1.82, 2.24) is 15.5 Å². The van der Waals surface area contributed by atoms with Crippen LogP contribution in [0.3, 0.4) is 0 Å². The Morgan fingerprint density at radius 2 is 1.84 bits per heavy atom. The summed E-state index contributed by atoms with van der Waals surface area (Å²) in [5.74, 6) is 0.846. The molecule has 0 heterocycles. The quantitative estimate of drug-likeness (QED) is 0.342. The molecule has 6 nitrogen and oxygen atoms in total. The summed E-state index contributed by atoms with van der Waals surface area (Å²) in [6, 6.07) is 8.47. The summed E-state index contributed by atoms with van der Waals surface area (Å²) in [5, 5.41) is 6.65. The van der Waals surface area contributed by atoms with Crippen molar-refractivity contribution < 1.29 is 9.47 Å². The zero-order chi connectivity index (χ0) is 18.3. The largest absolute Gasteiger partial charge is 0.382 e. The van der Waals surface area contributed by atoms with Gasteiger partial charge in [0.2, 0.25) is 0 Å². The lowest BCUT2D eigenvalue weighted by molar-refractivity contribution is 0.0698. The summed E-state index contributed by atoms with van der Waals surface area (Å²) in [6.45, 7) is 7.36. The second-order valence-electron chi connectivity index (χ2n) is 6.09. The molecule has 0 radical (unpaired) electrons. The molecule has 0 aliphatic carbocycles. The van der Waals surface area contributed by atoms with Gasteiger partial charge in [-0.3, -0.25) is 0 Å². The van der Waals surface area contributed by atoms with E-state index < -0.39 is 0 Å². The average Bonchev–Trinajstić information content (AvgIpc) is 2.59. The molecule has 1 aromatic rings. The van der Waals surface area contributed by atoms with Crippen molar-refractivity contribution in [2.45, 2.75) is 26.4 Å². The van der Waals surface area contributed by atoms with Crippen LogP contribution in [0.25, 0.3) is 0 Å². The van der Waals surface area contributed by atoms with Gasteiger partial charge in [0.05, 0.1) is 19.8 Å². The van der Waals surface area contributed by atoms with E-state index in [1.165, 1.54) is 11.1 Å². The van der Waals surface area contributed by atoms with Gasteiger partial charge in [-0.2, -0.15) is 0 Å². The van der Waals surface area contributed by atoms with E-state index in [9.17, 15) is 0 Å². The average molecular weight is 351 g/mol. The molecule has 1 aromatic carbocycles. The Morgan fingerprint density at radius 1 is 1.08 bits per heavy atom. The van der Waals surface area contributed by atoms with E-state index in [0.717, 1.165) is 38.6 Å². The standard InChI is InChI=1S/C19H34N4O2/c1-5-20-19(21-11-8-12-25-14-13-24-4)22-15-17-9-6-7-10-18(17)16-23(2)3/h6-7,9-10H,5,8,11-16H2,1-4H3,(H2,20,21,22). The third-order valence-corrected chi connectivity index (χ3v) is 3.55. The molecule has 142 valence electrons. The third kappa shape index (κ3) is 10.1. The molecule has 1 rings (SSSR count). The van der Waals surface area contributed by atoms with E-state index in [1.807, 2.05) is 0 Å². The van der Waals surface area contributed by atoms with Crippen molar-refractivity contribution in [2.75, 3.05) is 54.1 Å². The second-order valence-corrected chi connectivity index (χ2v) is 6.09. The highest BCUT2D eigenvalue weighted by atomic mass is 16.5. The van der Waals surface area contributed by atoms with Gasteiger partial charge < -0.3 is 25.0 Å². The maximum atomic E-state index is 5.47. The smallest absolute Gasteiger partial charge is 0.191 e. The minimum Gasteiger partial charge on any atom is -0.382 e. The van der Waals surface area contributed by atoms with Crippen LogP contribution in [0.5, 0.6) is 0 Å². The van der Waals surface area contributed by atoms with Crippen LogP contribution in [0.4, 0.5) is 0 Å². The minimum absolute atomic E-state index is 0.643. The molecule has 2 N–H and O–H groups in total. The van der Waals surface area contributed by atoms with Crippen molar-refractivity contribution in [2.24, 2.45) is 4.99 Å². The summed E-state index contributed by atoms with van der Waals surface area (Å²) in [7, 11) is 5.85. The first-order valence-electron chi connectivity index (χ1n) is 8.97. The van der Waals surface area contributed by atoms with Crippen LogP contribution >= 0.6 is 0 Å². The van der Waals surface area contributed by atoms with E-state index in [0.29, 0.717) is 19.8 Å². The molecule has 25 heavy (non-hydrogen) atoms. The SMILES string of the molecule is CCNC(=NCc1ccccc1CN(C)C)NCCCOCCOC. The molecular weight excluding hydrogens is 316 g/mol. The highest BCUT2D eigenvalue weighted by Crippen LogP contribution is 2.11. The van der Waals surface area contributed by atoms with Crippen LogP contribution in [0.2, 0.25) is 0 Å². The first kappa shape index (κ1) is 21.4. The number of benzene rings is 1. The summed E-state index contributed by atoms with van der Waals surface area (Å²) in [4.78, 5) is 6.89. The molecule has 0 amide bonds. The molecule has 0 saturated carbocycles. The molecule has 0 bridgehead atoms. The maximum absolute atomic E-state index is 5.47. The van der Waals surface area contributed by atoms with E-state index in [1.54, 1.807) is 7.11 Å². The fourth-order valence-electron chi connectivity index (χ4n) is 2.34. The fourth-order valence-corrected chi connectivity index (χ4v) is 2.34. The van der Waals surface area contributed by atoms with Crippen LogP contribution in [0.1, 0.15) is 24.5 Å². The number of rotatable bonds is 12. The van der Waals surface area contributed by atoms with E-state index in [4.69, 9.17) is 14.5 Å². The summed E-state index contributed by atoms with van der Waals surface area (Å²) < 4.78 is 10.4. The predicted molar refractivity (Wildman–Crippen MR) is 104 cm³/mol. The Hall–Kier alpha value is -1.63. The van der Waals surface area contributed by atoms with Crippen LogP contribution in [0, 0.1) is 0 Å². The van der Waals surface area contributed by atoms with Gasteiger partial charge in [0, 0.05) is 33.4 Å². The number of aliphatic imine (C=N–C) groups is 1. The zero-order valence-electron chi connectivity index (χ0n) is 16.2. The molecule has 0 spiro atoms. The Kier molecular flexibility index (Phi) is 11.7. The molecule has 0 aliphatic heterocycles. The number of guanidine groups is 1. The number of nitrogens with zero attached hydrogens (tertiary/aromatic N) is 2. The van der Waals surface area contributed by atoms with Crippen molar-refractivity contribution in [1.29, 1.82) is 0 Å². The topological polar surface area (TPSA) is 58.1 Å². The lowest BCUT2D eigenvalue weighted by Gasteiger charge is -2.14. The monoisotopic (exact) mass is 350 g/mol. The summed E-state index contributed by atoms with van der Waals surface area (Å²) in [6.07, 6.45) is 0.936. The molecule has 0 atom stereocenters. The van der Waals surface area contributed by atoms with Gasteiger partial charge in [0.1, 0.15) is 0 Å². The van der Waals surface area contributed by atoms with E-state index >= 15 is 0 Å². The minimum atomic E-state index is 0.643. The highest BCUT2D eigenvalue weighted by Gasteiger charge is 2.03. The molecular formula is C19H34N4O2. The zero-order valence-corrected chi connectivity index (χ0v) is 16.2. The molecule has 0 saturated heterocycles. The van der Waals surface area contributed by atoms with Gasteiger partial charge in [-0.1, -0.05) is 24.3 Å². The van der Waals surface area contributed by atoms with Crippen molar-refractivity contribution in [3.63, 3.8) is 0 Å².